The van der Waals surface area contributed by atoms with E-state index in [9.17, 15) is 15.2 Å². The summed E-state index contributed by atoms with van der Waals surface area (Å²) >= 11 is 0. The lowest BCUT2D eigenvalue weighted by molar-refractivity contribution is -0.385. The van der Waals surface area contributed by atoms with Crippen LogP contribution >= 0.6 is 0 Å². The maximum absolute atomic E-state index is 11.0. The second-order valence-electron chi connectivity index (χ2n) is 5.36. The smallest absolute Gasteiger partial charge is 0.311 e. The molecular weight excluding hydrogens is 260 g/mol. The van der Waals surface area contributed by atoms with Crippen LogP contribution in [0.4, 0.5) is 11.4 Å². The maximum Gasteiger partial charge on any atom is 0.311 e. The normalized spacial score (nSPS) is 22.6. The van der Waals surface area contributed by atoms with Gasteiger partial charge in [-0.1, -0.05) is 0 Å². The van der Waals surface area contributed by atoms with Crippen LogP contribution in [0.1, 0.15) is 26.7 Å². The molecule has 1 aliphatic rings. The van der Waals surface area contributed by atoms with Crippen LogP contribution in [0.3, 0.4) is 0 Å². The van der Waals surface area contributed by atoms with Crippen LogP contribution in [0.5, 0.6) is 5.75 Å². The average molecular weight is 280 g/mol. The van der Waals surface area contributed by atoms with Gasteiger partial charge in [0, 0.05) is 30.9 Å². The van der Waals surface area contributed by atoms with Crippen molar-refractivity contribution in [2.45, 2.75) is 32.3 Å². The zero-order valence-corrected chi connectivity index (χ0v) is 11.8. The Morgan fingerprint density at radius 2 is 2.30 bits per heavy atom. The molecule has 0 bridgehead atoms. The number of nitro groups is 1. The van der Waals surface area contributed by atoms with E-state index in [4.69, 9.17) is 4.74 Å². The second-order valence-corrected chi connectivity index (χ2v) is 5.36. The van der Waals surface area contributed by atoms with Gasteiger partial charge in [-0.25, -0.2) is 0 Å². The molecule has 0 saturated carbocycles. The Kier molecular flexibility index (Phi) is 4.13. The van der Waals surface area contributed by atoms with Crippen LogP contribution in [0.25, 0.3) is 0 Å². The summed E-state index contributed by atoms with van der Waals surface area (Å²) in [4.78, 5) is 12.6. The molecule has 1 unspecified atom stereocenters. The quantitative estimate of drug-likeness (QED) is 0.676. The number of rotatable bonds is 4. The van der Waals surface area contributed by atoms with E-state index < -0.39 is 10.5 Å². The first kappa shape index (κ1) is 14.6. The third kappa shape index (κ3) is 3.19. The van der Waals surface area contributed by atoms with Gasteiger partial charge in [-0.05, 0) is 32.8 Å². The number of benzene rings is 1. The van der Waals surface area contributed by atoms with Gasteiger partial charge in [0.05, 0.1) is 17.1 Å². The fourth-order valence-corrected chi connectivity index (χ4v) is 2.56. The van der Waals surface area contributed by atoms with Crippen molar-refractivity contribution in [1.82, 2.24) is 0 Å². The summed E-state index contributed by atoms with van der Waals surface area (Å²) in [5.41, 5.74) is 0.101. The fraction of sp³-hybridized carbons (Fsp3) is 0.571. The minimum atomic E-state index is -0.716. The predicted octanol–water partition coefficient (Wildman–Crippen LogP) is 2.34. The summed E-state index contributed by atoms with van der Waals surface area (Å²) in [5.74, 6) is 0.278. The van der Waals surface area contributed by atoms with Crippen molar-refractivity contribution in [3.05, 3.63) is 28.3 Å². The monoisotopic (exact) mass is 280 g/mol. The number of hydrogen-bond acceptors (Lipinski definition) is 5. The number of nitro benzene ring substituents is 1. The first-order chi connectivity index (χ1) is 9.43. The highest BCUT2D eigenvalue weighted by atomic mass is 16.6. The summed E-state index contributed by atoms with van der Waals surface area (Å²) in [7, 11) is 0. The topological polar surface area (TPSA) is 75.8 Å². The molecule has 0 aliphatic carbocycles. The highest BCUT2D eigenvalue weighted by Crippen LogP contribution is 2.33. The highest BCUT2D eigenvalue weighted by Gasteiger charge is 2.29. The van der Waals surface area contributed by atoms with Gasteiger partial charge < -0.3 is 14.7 Å². The standard InChI is InChI=1S/C14H20N2O4/c1-3-20-13-9-11(5-6-12(13)16(18)19)15-8-4-7-14(2,17)10-15/h5-6,9,17H,3-4,7-8,10H2,1-2H3. The van der Waals surface area contributed by atoms with Crippen molar-refractivity contribution >= 4 is 11.4 Å². The molecule has 0 spiro atoms. The molecule has 6 heteroatoms. The van der Waals surface area contributed by atoms with E-state index in [1.807, 2.05) is 11.8 Å². The van der Waals surface area contributed by atoms with E-state index >= 15 is 0 Å². The molecule has 1 aromatic rings. The van der Waals surface area contributed by atoms with E-state index in [1.54, 1.807) is 19.1 Å². The molecule has 1 aliphatic heterocycles. The summed E-state index contributed by atoms with van der Waals surface area (Å²) in [5, 5.41) is 21.1. The van der Waals surface area contributed by atoms with Gasteiger partial charge >= 0.3 is 5.69 Å². The van der Waals surface area contributed by atoms with E-state index in [2.05, 4.69) is 0 Å². The summed E-state index contributed by atoms with van der Waals surface area (Å²) in [6, 6.07) is 4.86. The second kappa shape index (κ2) is 5.66. The Bertz CT molecular complexity index is 502. The van der Waals surface area contributed by atoms with E-state index in [-0.39, 0.29) is 11.4 Å². The Hall–Kier alpha value is -1.82. The summed E-state index contributed by atoms with van der Waals surface area (Å²) in [6.45, 7) is 5.34. The zero-order valence-electron chi connectivity index (χ0n) is 11.8. The molecule has 6 nitrogen and oxygen atoms in total. The Morgan fingerprint density at radius 1 is 1.55 bits per heavy atom. The molecule has 110 valence electrons. The van der Waals surface area contributed by atoms with Crippen molar-refractivity contribution in [2.24, 2.45) is 0 Å². The molecule has 20 heavy (non-hydrogen) atoms. The van der Waals surface area contributed by atoms with Gasteiger partial charge in [-0.15, -0.1) is 0 Å². The molecule has 1 fully saturated rings. The molecule has 0 radical (unpaired) electrons. The minimum absolute atomic E-state index is 0.0284. The van der Waals surface area contributed by atoms with Gasteiger partial charge in [0.25, 0.3) is 0 Å². The first-order valence-corrected chi connectivity index (χ1v) is 6.81. The third-order valence-corrected chi connectivity index (χ3v) is 3.48. The zero-order chi connectivity index (χ0) is 14.8. The molecule has 1 aromatic carbocycles. The average Bonchev–Trinajstić information content (AvgIpc) is 2.37. The number of nitrogens with zero attached hydrogens (tertiary/aromatic N) is 2. The molecule has 0 amide bonds. The minimum Gasteiger partial charge on any atom is -0.487 e. The number of anilines is 1. The first-order valence-electron chi connectivity index (χ1n) is 6.81. The lowest BCUT2D eigenvalue weighted by Crippen LogP contribution is -2.46. The predicted molar refractivity (Wildman–Crippen MR) is 76.3 cm³/mol. The van der Waals surface area contributed by atoms with Crippen LogP contribution in [0.15, 0.2) is 18.2 Å². The molecule has 1 saturated heterocycles. The molecule has 0 aromatic heterocycles. The number of aliphatic hydroxyl groups is 1. The number of ether oxygens (including phenoxy) is 1. The molecular formula is C14H20N2O4. The Balaban J connectivity index is 2.28. The highest BCUT2D eigenvalue weighted by molar-refractivity contribution is 5.59. The third-order valence-electron chi connectivity index (χ3n) is 3.48. The number of β-amino-alcohol motifs (C(OH)–C–C–N with tert-alkyl or cyclic N) is 1. The summed E-state index contributed by atoms with van der Waals surface area (Å²) < 4.78 is 5.35. The van der Waals surface area contributed by atoms with Crippen molar-refractivity contribution in [2.75, 3.05) is 24.6 Å². The van der Waals surface area contributed by atoms with E-state index in [0.717, 1.165) is 25.1 Å². The number of piperidine rings is 1. The van der Waals surface area contributed by atoms with Crippen molar-refractivity contribution < 1.29 is 14.8 Å². The van der Waals surface area contributed by atoms with Gasteiger partial charge in [0.1, 0.15) is 0 Å². The Labute approximate surface area is 118 Å². The maximum atomic E-state index is 11.0. The Morgan fingerprint density at radius 3 is 2.90 bits per heavy atom. The fourth-order valence-electron chi connectivity index (χ4n) is 2.56. The van der Waals surface area contributed by atoms with Crippen LogP contribution in [-0.2, 0) is 0 Å². The largest absolute Gasteiger partial charge is 0.487 e. The van der Waals surface area contributed by atoms with Gasteiger partial charge in [0.2, 0.25) is 0 Å². The SMILES string of the molecule is CCOc1cc(N2CCCC(C)(O)C2)ccc1[N+](=O)[O-]. The molecule has 1 N–H and O–H groups in total. The molecule has 2 rings (SSSR count). The van der Waals surface area contributed by atoms with Gasteiger partial charge in [-0.2, -0.15) is 0 Å². The number of hydrogen-bond donors (Lipinski definition) is 1. The molecule has 1 atom stereocenters. The van der Waals surface area contributed by atoms with E-state index in [0.29, 0.717) is 13.2 Å². The van der Waals surface area contributed by atoms with Gasteiger partial charge in [0.15, 0.2) is 5.75 Å². The van der Waals surface area contributed by atoms with Crippen LogP contribution in [0.2, 0.25) is 0 Å². The van der Waals surface area contributed by atoms with Crippen LogP contribution in [0, 0.1) is 10.1 Å². The van der Waals surface area contributed by atoms with Crippen molar-refractivity contribution in [3.63, 3.8) is 0 Å². The van der Waals surface area contributed by atoms with Crippen molar-refractivity contribution in [1.29, 1.82) is 0 Å². The van der Waals surface area contributed by atoms with Crippen LogP contribution in [-0.4, -0.2) is 35.3 Å². The van der Waals surface area contributed by atoms with Crippen LogP contribution < -0.4 is 9.64 Å². The van der Waals surface area contributed by atoms with Crippen molar-refractivity contribution in [3.8, 4) is 5.75 Å². The van der Waals surface area contributed by atoms with E-state index in [1.165, 1.54) is 6.07 Å². The molecule has 1 heterocycles. The lowest BCUT2D eigenvalue weighted by atomic mass is 9.95. The summed E-state index contributed by atoms with van der Waals surface area (Å²) in [6.07, 6.45) is 1.67. The lowest BCUT2D eigenvalue weighted by Gasteiger charge is -2.38. The van der Waals surface area contributed by atoms with Gasteiger partial charge in [-0.3, -0.25) is 10.1 Å².